The average molecular weight is 464 g/mol. The van der Waals surface area contributed by atoms with Gasteiger partial charge in [-0.1, -0.05) is 48.5 Å². The molecule has 1 aliphatic rings. The number of unbranched alkanes of at least 4 members (excludes halogenated alkanes) is 2. The van der Waals surface area contributed by atoms with Crippen LogP contribution in [0.5, 0.6) is 0 Å². The molecule has 0 heterocycles. The third-order valence-corrected chi connectivity index (χ3v) is 5.85. The molecule has 8 nitrogen and oxygen atoms in total. The number of carboxylic acid groups (broad SMARTS) is 1. The first-order valence-corrected chi connectivity index (χ1v) is 11.5. The van der Waals surface area contributed by atoms with Gasteiger partial charge in [0.25, 0.3) is 0 Å². The van der Waals surface area contributed by atoms with Crippen LogP contribution in [-0.4, -0.2) is 42.3 Å². The summed E-state index contributed by atoms with van der Waals surface area (Å²) in [6.07, 6.45) is 1.50. The number of ether oxygens (including phenoxy) is 1. The number of hydrogen-bond acceptors (Lipinski definition) is 5. The molecular formula is C26H29N3O5. The number of rotatable bonds is 12. The summed E-state index contributed by atoms with van der Waals surface area (Å²) in [6, 6.07) is 17.3. The number of fused-ring (bicyclic) bond motifs is 3. The van der Waals surface area contributed by atoms with E-state index in [-0.39, 0.29) is 25.5 Å². The number of aliphatic carboxylic acids is 1. The maximum atomic E-state index is 12.6. The summed E-state index contributed by atoms with van der Waals surface area (Å²) < 4.78 is 5.54. The van der Waals surface area contributed by atoms with Crippen LogP contribution in [0.4, 0.5) is 4.79 Å². The fourth-order valence-electron chi connectivity index (χ4n) is 4.18. The first kappa shape index (κ1) is 24.8. The van der Waals surface area contributed by atoms with Gasteiger partial charge in [-0.3, -0.25) is 9.59 Å². The molecular weight excluding hydrogens is 434 g/mol. The highest BCUT2D eigenvalue weighted by molar-refractivity contribution is 5.85. The van der Waals surface area contributed by atoms with Crippen LogP contribution in [0.2, 0.25) is 0 Å². The minimum absolute atomic E-state index is 0.0487. The van der Waals surface area contributed by atoms with E-state index in [1.165, 1.54) is 0 Å². The Balaban J connectivity index is 1.58. The van der Waals surface area contributed by atoms with Gasteiger partial charge in [-0.15, -0.1) is 0 Å². The van der Waals surface area contributed by atoms with Crippen LogP contribution in [0.15, 0.2) is 48.5 Å². The molecule has 0 spiro atoms. The lowest BCUT2D eigenvalue weighted by atomic mass is 9.98. The van der Waals surface area contributed by atoms with Gasteiger partial charge in [-0.2, -0.15) is 5.26 Å². The summed E-state index contributed by atoms with van der Waals surface area (Å²) in [7, 11) is 0. The van der Waals surface area contributed by atoms with E-state index in [9.17, 15) is 14.4 Å². The van der Waals surface area contributed by atoms with Crippen molar-refractivity contribution in [3.8, 4) is 17.2 Å². The van der Waals surface area contributed by atoms with Gasteiger partial charge in [0.15, 0.2) is 0 Å². The Labute approximate surface area is 198 Å². The summed E-state index contributed by atoms with van der Waals surface area (Å²) in [5.41, 5.74) is 4.45. The SMILES string of the molecule is N#CCCCCC(NC(=O)OCC1c2ccccc2-c2ccccc21)C(=O)NCCCC(=O)O. The van der Waals surface area contributed by atoms with Gasteiger partial charge in [-0.25, -0.2) is 4.79 Å². The van der Waals surface area contributed by atoms with Gasteiger partial charge < -0.3 is 20.5 Å². The van der Waals surface area contributed by atoms with Crippen LogP contribution in [0, 0.1) is 11.3 Å². The molecule has 0 aromatic heterocycles. The molecule has 0 radical (unpaired) electrons. The highest BCUT2D eigenvalue weighted by Gasteiger charge is 2.29. The van der Waals surface area contributed by atoms with E-state index in [1.54, 1.807) is 0 Å². The third kappa shape index (κ3) is 6.58. The summed E-state index contributed by atoms with van der Waals surface area (Å²) in [4.78, 5) is 35.8. The van der Waals surface area contributed by atoms with E-state index in [0.29, 0.717) is 32.1 Å². The lowest BCUT2D eigenvalue weighted by Gasteiger charge is -2.19. The molecule has 2 aromatic carbocycles. The fraction of sp³-hybridized carbons (Fsp3) is 0.385. The van der Waals surface area contributed by atoms with Crippen molar-refractivity contribution in [2.45, 2.75) is 50.5 Å². The Hall–Kier alpha value is -3.86. The number of hydrogen-bond donors (Lipinski definition) is 3. The number of nitrogens with one attached hydrogen (secondary N) is 2. The van der Waals surface area contributed by atoms with E-state index >= 15 is 0 Å². The summed E-state index contributed by atoms with van der Waals surface area (Å²) in [6.45, 7) is 0.341. The predicted octanol–water partition coefficient (Wildman–Crippen LogP) is 3.96. The van der Waals surface area contributed by atoms with Crippen molar-refractivity contribution < 1.29 is 24.2 Å². The number of carboxylic acids is 1. The van der Waals surface area contributed by atoms with Gasteiger partial charge in [0.1, 0.15) is 12.6 Å². The normalized spacial score (nSPS) is 12.7. The summed E-state index contributed by atoms with van der Waals surface area (Å²) >= 11 is 0. The Morgan fingerprint density at radius 3 is 2.26 bits per heavy atom. The van der Waals surface area contributed by atoms with Gasteiger partial charge in [-0.05, 0) is 47.9 Å². The van der Waals surface area contributed by atoms with Crippen molar-refractivity contribution in [1.82, 2.24) is 10.6 Å². The number of amides is 2. The minimum atomic E-state index is -0.931. The van der Waals surface area contributed by atoms with Crippen molar-refractivity contribution in [2.75, 3.05) is 13.2 Å². The summed E-state index contributed by atoms with van der Waals surface area (Å²) in [5, 5.41) is 22.8. The van der Waals surface area contributed by atoms with Crippen molar-refractivity contribution in [1.29, 1.82) is 5.26 Å². The molecule has 0 saturated heterocycles. The topological polar surface area (TPSA) is 129 Å². The number of carbonyl (C=O) groups is 3. The highest BCUT2D eigenvalue weighted by atomic mass is 16.5. The molecule has 0 fully saturated rings. The third-order valence-electron chi connectivity index (χ3n) is 5.85. The number of alkyl carbamates (subject to hydrolysis) is 1. The maximum absolute atomic E-state index is 12.6. The Kier molecular flexibility index (Phi) is 9.04. The zero-order valence-corrected chi connectivity index (χ0v) is 19.0. The van der Waals surface area contributed by atoms with Crippen LogP contribution >= 0.6 is 0 Å². The maximum Gasteiger partial charge on any atom is 0.407 e. The molecule has 2 aromatic rings. The van der Waals surface area contributed by atoms with Crippen LogP contribution in [-0.2, 0) is 14.3 Å². The first-order chi connectivity index (χ1) is 16.5. The molecule has 1 aliphatic carbocycles. The molecule has 1 atom stereocenters. The van der Waals surface area contributed by atoms with Crippen LogP contribution < -0.4 is 10.6 Å². The molecule has 0 bridgehead atoms. The van der Waals surface area contributed by atoms with E-state index in [1.807, 2.05) is 36.4 Å². The lowest BCUT2D eigenvalue weighted by Crippen LogP contribution is -2.47. The zero-order valence-electron chi connectivity index (χ0n) is 19.0. The van der Waals surface area contributed by atoms with Crippen molar-refractivity contribution in [2.24, 2.45) is 0 Å². The average Bonchev–Trinajstić information content (AvgIpc) is 3.16. The molecule has 8 heteroatoms. The molecule has 3 rings (SSSR count). The number of carbonyl (C=O) groups excluding carboxylic acids is 2. The zero-order chi connectivity index (χ0) is 24.3. The second-order valence-electron chi connectivity index (χ2n) is 8.21. The van der Waals surface area contributed by atoms with Gasteiger partial charge >= 0.3 is 12.1 Å². The van der Waals surface area contributed by atoms with E-state index in [0.717, 1.165) is 22.3 Å². The molecule has 2 amide bonds. The predicted molar refractivity (Wildman–Crippen MR) is 126 cm³/mol. The molecule has 3 N–H and O–H groups in total. The van der Waals surface area contributed by atoms with Gasteiger partial charge in [0.05, 0.1) is 6.07 Å². The largest absolute Gasteiger partial charge is 0.481 e. The Morgan fingerprint density at radius 2 is 1.65 bits per heavy atom. The quantitative estimate of drug-likeness (QED) is 0.409. The Morgan fingerprint density at radius 1 is 1.00 bits per heavy atom. The summed E-state index contributed by atoms with van der Waals surface area (Å²) in [5.74, 6) is -1.41. The Bertz CT molecular complexity index is 1020. The van der Waals surface area contributed by atoms with Crippen LogP contribution in [0.1, 0.15) is 55.6 Å². The molecule has 34 heavy (non-hydrogen) atoms. The van der Waals surface area contributed by atoms with Crippen molar-refractivity contribution >= 4 is 18.0 Å². The van der Waals surface area contributed by atoms with Gasteiger partial charge in [0.2, 0.25) is 5.91 Å². The second-order valence-corrected chi connectivity index (χ2v) is 8.21. The number of nitriles is 1. The number of benzene rings is 2. The highest BCUT2D eigenvalue weighted by Crippen LogP contribution is 2.44. The lowest BCUT2D eigenvalue weighted by molar-refractivity contribution is -0.137. The molecule has 0 aliphatic heterocycles. The second kappa shape index (κ2) is 12.4. The van der Waals surface area contributed by atoms with E-state index in [2.05, 4.69) is 28.8 Å². The molecule has 0 saturated carbocycles. The standard InChI is InChI=1S/C26H29N3O5/c27-15-7-1-2-13-23(25(32)28-16-8-14-24(30)31)29-26(33)34-17-22-20-11-5-3-9-18(20)19-10-4-6-12-21(19)22/h3-6,9-12,22-23H,1-2,7-8,13-14,16-17H2,(H,28,32)(H,29,33)(H,30,31). The number of nitrogens with zero attached hydrogens (tertiary/aromatic N) is 1. The molecule has 1 unspecified atom stereocenters. The monoisotopic (exact) mass is 463 g/mol. The van der Waals surface area contributed by atoms with Crippen molar-refractivity contribution in [3.05, 3.63) is 59.7 Å². The first-order valence-electron chi connectivity index (χ1n) is 11.5. The minimum Gasteiger partial charge on any atom is -0.481 e. The smallest absolute Gasteiger partial charge is 0.407 e. The van der Waals surface area contributed by atoms with Crippen molar-refractivity contribution in [3.63, 3.8) is 0 Å². The van der Waals surface area contributed by atoms with Crippen LogP contribution in [0.25, 0.3) is 11.1 Å². The van der Waals surface area contributed by atoms with Crippen LogP contribution in [0.3, 0.4) is 0 Å². The fourth-order valence-corrected chi connectivity index (χ4v) is 4.18. The van der Waals surface area contributed by atoms with Gasteiger partial charge in [0, 0.05) is 25.3 Å². The van der Waals surface area contributed by atoms with E-state index < -0.39 is 24.0 Å². The molecule has 178 valence electrons. The van der Waals surface area contributed by atoms with E-state index in [4.69, 9.17) is 15.1 Å².